The Morgan fingerprint density at radius 3 is 1.60 bits per heavy atom. The highest BCUT2D eigenvalue weighted by molar-refractivity contribution is 6.17. The molecular formula is C7H17ClO2. The molecule has 0 aromatic heterocycles. The number of halogens is 1. The Hall–Kier alpha value is -0.240. The lowest BCUT2D eigenvalue weighted by atomic mass is 10.8. The zero-order valence-corrected chi connectivity index (χ0v) is 8.16. The molecule has 0 atom stereocenters. The molecule has 0 bridgehead atoms. The van der Waals surface area contributed by atoms with Crippen LogP contribution in [0, 0.1) is 0 Å². The zero-order valence-electron chi connectivity index (χ0n) is 7.40. The van der Waals surface area contributed by atoms with Crippen molar-refractivity contribution >= 4 is 17.6 Å². The molecule has 0 heterocycles. The van der Waals surface area contributed by atoms with Crippen molar-refractivity contribution in [3.05, 3.63) is 0 Å². The number of hydrogen-bond acceptors (Lipinski definition) is 2. The van der Waals surface area contributed by atoms with Crippen molar-refractivity contribution in [3.8, 4) is 0 Å². The average Bonchev–Trinajstić information content (AvgIpc) is 1.96. The van der Waals surface area contributed by atoms with E-state index in [0.717, 1.165) is 0 Å². The molecule has 0 aliphatic rings. The third-order valence-corrected chi connectivity index (χ3v) is 0.367. The highest BCUT2D eigenvalue weighted by Crippen LogP contribution is 1.76. The van der Waals surface area contributed by atoms with Crippen LogP contribution in [-0.4, -0.2) is 12.0 Å². The van der Waals surface area contributed by atoms with Crippen molar-refractivity contribution < 1.29 is 9.53 Å². The molecular weight excluding hydrogens is 152 g/mol. The Labute approximate surface area is 68.5 Å². The third-order valence-electron chi connectivity index (χ3n) is 0.258. The molecule has 0 rings (SSSR count). The van der Waals surface area contributed by atoms with Crippen LogP contribution < -0.4 is 0 Å². The number of carbonyl (C=O) groups excluding carboxylic acids is 1. The predicted molar refractivity (Wildman–Crippen MR) is 45.2 cm³/mol. The summed E-state index contributed by atoms with van der Waals surface area (Å²) < 4.78 is 4.17. The van der Waals surface area contributed by atoms with Gasteiger partial charge >= 0.3 is 5.97 Å². The molecule has 0 amide bonds. The molecule has 0 saturated carbocycles. The van der Waals surface area contributed by atoms with Crippen LogP contribution in [0.3, 0.4) is 0 Å². The Bertz CT molecular complexity index is 55.6. The normalized spacial score (nSPS) is 5.80. The van der Waals surface area contributed by atoms with Gasteiger partial charge in [0.1, 0.15) is 0 Å². The monoisotopic (exact) mass is 168 g/mol. The minimum absolute atomic E-state index is 0.0463. The van der Waals surface area contributed by atoms with Gasteiger partial charge in [0.2, 0.25) is 0 Å². The van der Waals surface area contributed by atoms with Gasteiger partial charge in [-0.05, 0) is 0 Å². The van der Waals surface area contributed by atoms with Crippen LogP contribution >= 0.6 is 11.6 Å². The van der Waals surface area contributed by atoms with E-state index < -0.39 is 0 Å². The van der Waals surface area contributed by atoms with Gasteiger partial charge in [-0.1, -0.05) is 39.3 Å². The number of ether oxygens (including phenoxy) is 1. The first-order valence-corrected chi connectivity index (χ1v) is 4.00. The van der Waals surface area contributed by atoms with Gasteiger partial charge in [0, 0.05) is 6.92 Å². The van der Waals surface area contributed by atoms with Crippen molar-refractivity contribution in [2.24, 2.45) is 0 Å². The van der Waals surface area contributed by atoms with Crippen LogP contribution in [0.15, 0.2) is 0 Å². The van der Waals surface area contributed by atoms with Crippen LogP contribution in [-0.2, 0) is 9.53 Å². The summed E-state index contributed by atoms with van der Waals surface area (Å²) in [6, 6.07) is -0.0463. The summed E-state index contributed by atoms with van der Waals surface area (Å²) >= 11 is 4.95. The van der Waals surface area contributed by atoms with Crippen LogP contribution in [0.5, 0.6) is 0 Å². The molecule has 0 aliphatic carbocycles. The maximum Gasteiger partial charge on any atom is 0.303 e. The van der Waals surface area contributed by atoms with Gasteiger partial charge in [0.15, 0.2) is 6.07 Å². The molecule has 0 spiro atoms. The Morgan fingerprint density at radius 2 is 1.60 bits per heavy atom. The van der Waals surface area contributed by atoms with E-state index in [2.05, 4.69) is 4.74 Å². The number of hydrogen-bond donors (Lipinski definition) is 0. The molecule has 0 unspecified atom stereocenters. The first kappa shape index (κ1) is 16.4. The van der Waals surface area contributed by atoms with E-state index in [9.17, 15) is 4.79 Å². The summed E-state index contributed by atoms with van der Waals surface area (Å²) in [6.07, 6.45) is 0. The van der Waals surface area contributed by atoms with Crippen molar-refractivity contribution in [1.82, 2.24) is 0 Å². The lowest BCUT2D eigenvalue weighted by molar-refractivity contribution is -0.138. The van der Waals surface area contributed by atoms with E-state index in [4.69, 9.17) is 11.6 Å². The molecule has 3 heteroatoms. The quantitative estimate of drug-likeness (QED) is 0.445. The van der Waals surface area contributed by atoms with Crippen molar-refractivity contribution in [3.63, 3.8) is 0 Å². The van der Waals surface area contributed by atoms with Gasteiger partial charge in [-0.25, -0.2) is 0 Å². The molecule has 10 heavy (non-hydrogen) atoms. The van der Waals surface area contributed by atoms with Crippen LogP contribution in [0.25, 0.3) is 0 Å². The Balaban J connectivity index is -0.000000105. The fourth-order valence-electron chi connectivity index (χ4n) is 0.0768. The third kappa shape index (κ3) is 46.6. The highest BCUT2D eigenvalue weighted by Gasteiger charge is 1.83. The van der Waals surface area contributed by atoms with Gasteiger partial charge in [-0.2, -0.15) is 0 Å². The first-order valence-electron chi connectivity index (χ1n) is 3.46. The fourth-order valence-corrected chi connectivity index (χ4v) is 0.230. The summed E-state index contributed by atoms with van der Waals surface area (Å²) in [7, 11) is 0. The minimum Gasteiger partial charge on any atom is -0.450 e. The summed E-state index contributed by atoms with van der Waals surface area (Å²) in [5.41, 5.74) is 0. The predicted octanol–water partition coefficient (Wildman–Crippen LogP) is 2.80. The van der Waals surface area contributed by atoms with E-state index in [0.29, 0.717) is 0 Å². The number of esters is 1. The first-order chi connectivity index (χ1) is 4.77. The number of alkyl halides is 1. The topological polar surface area (TPSA) is 26.3 Å². The minimum atomic E-state index is -0.343. The molecule has 0 radical (unpaired) electrons. The average molecular weight is 169 g/mol. The van der Waals surface area contributed by atoms with E-state index in [-0.39, 0.29) is 12.0 Å². The molecule has 0 aromatic rings. The van der Waals surface area contributed by atoms with Crippen LogP contribution in [0.2, 0.25) is 0 Å². The van der Waals surface area contributed by atoms with E-state index >= 15 is 0 Å². The molecule has 0 saturated heterocycles. The highest BCUT2D eigenvalue weighted by atomic mass is 35.5. The Morgan fingerprint density at radius 1 is 1.30 bits per heavy atom. The Kier molecular flexibility index (Phi) is 38.2. The van der Waals surface area contributed by atoms with E-state index in [1.165, 1.54) is 6.92 Å². The van der Waals surface area contributed by atoms with Crippen molar-refractivity contribution in [1.29, 1.82) is 0 Å². The largest absolute Gasteiger partial charge is 0.450 e. The molecule has 0 aromatic carbocycles. The van der Waals surface area contributed by atoms with Crippen LogP contribution in [0.1, 0.15) is 34.6 Å². The van der Waals surface area contributed by atoms with Crippen molar-refractivity contribution in [2.75, 3.05) is 6.07 Å². The molecule has 2 nitrogen and oxygen atoms in total. The second-order valence-electron chi connectivity index (χ2n) is 0.745. The molecule has 0 N–H and O–H groups in total. The lowest BCUT2D eigenvalue weighted by Gasteiger charge is -1.87. The summed E-state index contributed by atoms with van der Waals surface area (Å²) in [5.74, 6) is -0.343. The van der Waals surface area contributed by atoms with Crippen molar-refractivity contribution in [2.45, 2.75) is 34.6 Å². The SMILES string of the molecule is CC.CC.CC(=O)OCCl. The molecule has 64 valence electrons. The molecule has 0 fully saturated rings. The smallest absolute Gasteiger partial charge is 0.303 e. The van der Waals surface area contributed by atoms with E-state index in [1.54, 1.807) is 0 Å². The second kappa shape index (κ2) is 23.3. The van der Waals surface area contributed by atoms with Gasteiger partial charge in [0.05, 0.1) is 0 Å². The maximum atomic E-state index is 9.74. The number of carbonyl (C=O) groups is 1. The van der Waals surface area contributed by atoms with Gasteiger partial charge in [-0.15, -0.1) is 0 Å². The summed E-state index contributed by atoms with van der Waals surface area (Å²) in [4.78, 5) is 9.74. The number of rotatable bonds is 1. The second-order valence-corrected chi connectivity index (χ2v) is 0.963. The maximum absolute atomic E-state index is 9.74. The standard InChI is InChI=1S/C3H5ClO2.2C2H6/c1-3(5)6-2-4;2*1-2/h2H2,1H3;2*1-2H3. The fraction of sp³-hybridized carbons (Fsp3) is 0.857. The van der Waals surface area contributed by atoms with Crippen LogP contribution in [0.4, 0.5) is 0 Å². The van der Waals surface area contributed by atoms with E-state index in [1.807, 2.05) is 27.7 Å². The van der Waals surface area contributed by atoms with Gasteiger partial charge < -0.3 is 4.74 Å². The summed E-state index contributed by atoms with van der Waals surface area (Å²) in [5, 5.41) is 0. The summed E-state index contributed by atoms with van der Waals surface area (Å²) in [6.45, 7) is 9.31. The zero-order chi connectivity index (χ0) is 8.99. The molecule has 0 aliphatic heterocycles. The lowest BCUT2D eigenvalue weighted by Crippen LogP contribution is -1.93. The van der Waals surface area contributed by atoms with Gasteiger partial charge in [-0.3, -0.25) is 4.79 Å². The van der Waals surface area contributed by atoms with Gasteiger partial charge in [0.25, 0.3) is 0 Å².